The van der Waals surface area contributed by atoms with E-state index in [1.807, 2.05) is 0 Å². The minimum Gasteiger partial charge on any atom is -0.378 e. The van der Waals surface area contributed by atoms with Crippen molar-refractivity contribution in [2.45, 2.75) is 13.5 Å². The summed E-state index contributed by atoms with van der Waals surface area (Å²) < 4.78 is 40.6. The summed E-state index contributed by atoms with van der Waals surface area (Å²) in [4.78, 5) is 0. The van der Waals surface area contributed by atoms with E-state index < -0.39 is 17.5 Å². The maximum Gasteiger partial charge on any atom is 0.146 e. The van der Waals surface area contributed by atoms with E-state index in [1.165, 1.54) is 13.0 Å². The lowest BCUT2D eigenvalue weighted by atomic mass is 10.2. The van der Waals surface area contributed by atoms with Gasteiger partial charge in [-0.2, -0.15) is 0 Å². The Kier molecular flexibility index (Phi) is 4.14. The average Bonchev–Trinajstić information content (AvgIpc) is 2.37. The van der Waals surface area contributed by atoms with Gasteiger partial charge >= 0.3 is 0 Å². The molecule has 5 heteroatoms. The molecule has 2 rings (SSSR count). The summed E-state index contributed by atoms with van der Waals surface area (Å²) in [5, 5.41) is 2.75. The van der Waals surface area contributed by atoms with Crippen LogP contribution in [0.4, 0.5) is 18.9 Å². The zero-order chi connectivity index (χ0) is 14.0. The molecule has 0 saturated carbocycles. The minimum atomic E-state index is -0.536. The standard InChI is InChI=1S/C14H11BrF3N/c1-8-5-12(18)13(6-11(8)17)19-7-9-3-2-4-10(16)14(9)15/h2-6,19H,7H2,1H3. The molecule has 19 heavy (non-hydrogen) atoms. The molecule has 0 bridgehead atoms. The first kappa shape index (κ1) is 13.9. The summed E-state index contributed by atoms with van der Waals surface area (Å²) in [5.41, 5.74) is 0.926. The molecule has 0 aliphatic carbocycles. The summed E-state index contributed by atoms with van der Waals surface area (Å²) in [6.45, 7) is 1.68. The van der Waals surface area contributed by atoms with Crippen molar-refractivity contribution < 1.29 is 13.2 Å². The van der Waals surface area contributed by atoms with E-state index in [2.05, 4.69) is 21.2 Å². The molecule has 0 spiro atoms. The molecule has 0 saturated heterocycles. The van der Waals surface area contributed by atoms with Crippen molar-refractivity contribution >= 4 is 21.6 Å². The van der Waals surface area contributed by atoms with E-state index in [1.54, 1.807) is 12.1 Å². The van der Waals surface area contributed by atoms with Gasteiger partial charge < -0.3 is 5.32 Å². The van der Waals surface area contributed by atoms with Gasteiger partial charge in [0.15, 0.2) is 0 Å². The largest absolute Gasteiger partial charge is 0.378 e. The van der Waals surface area contributed by atoms with E-state index in [-0.39, 0.29) is 17.8 Å². The Morgan fingerprint density at radius 1 is 1.05 bits per heavy atom. The summed E-state index contributed by atoms with van der Waals surface area (Å²) in [6, 6.07) is 6.79. The van der Waals surface area contributed by atoms with E-state index in [0.717, 1.165) is 12.1 Å². The Morgan fingerprint density at radius 2 is 1.79 bits per heavy atom. The van der Waals surface area contributed by atoms with Crippen molar-refractivity contribution in [2.75, 3.05) is 5.32 Å². The lowest BCUT2D eigenvalue weighted by Crippen LogP contribution is -2.04. The number of hydrogen-bond acceptors (Lipinski definition) is 1. The Labute approximate surface area is 117 Å². The Hall–Kier alpha value is -1.49. The van der Waals surface area contributed by atoms with Gasteiger partial charge in [-0.05, 0) is 46.1 Å². The fourth-order valence-corrected chi connectivity index (χ4v) is 2.06. The lowest BCUT2D eigenvalue weighted by Gasteiger charge is -2.10. The van der Waals surface area contributed by atoms with Crippen LogP contribution in [-0.2, 0) is 6.54 Å². The van der Waals surface area contributed by atoms with Crippen LogP contribution < -0.4 is 5.32 Å². The number of aryl methyl sites for hydroxylation is 1. The molecule has 0 aromatic heterocycles. The van der Waals surface area contributed by atoms with Gasteiger partial charge in [0.2, 0.25) is 0 Å². The highest BCUT2D eigenvalue weighted by molar-refractivity contribution is 9.10. The molecule has 0 fully saturated rings. The predicted molar refractivity (Wildman–Crippen MR) is 72.5 cm³/mol. The van der Waals surface area contributed by atoms with Crippen LogP contribution in [-0.4, -0.2) is 0 Å². The Balaban J connectivity index is 2.19. The first-order valence-corrected chi connectivity index (χ1v) is 6.40. The molecule has 0 radical (unpaired) electrons. The predicted octanol–water partition coefficient (Wildman–Crippen LogP) is 4.79. The second-order valence-corrected chi connectivity index (χ2v) is 4.94. The summed E-state index contributed by atoms with van der Waals surface area (Å²) in [5.74, 6) is -1.41. The van der Waals surface area contributed by atoms with Gasteiger partial charge in [-0.1, -0.05) is 12.1 Å². The highest BCUT2D eigenvalue weighted by Gasteiger charge is 2.09. The summed E-state index contributed by atoms with van der Waals surface area (Å²) in [7, 11) is 0. The number of nitrogens with one attached hydrogen (secondary N) is 1. The fourth-order valence-electron chi connectivity index (χ4n) is 1.66. The molecule has 2 aromatic rings. The summed E-state index contributed by atoms with van der Waals surface area (Å²) in [6.07, 6.45) is 0. The van der Waals surface area contributed by atoms with Crippen LogP contribution >= 0.6 is 15.9 Å². The zero-order valence-electron chi connectivity index (χ0n) is 10.1. The Bertz CT molecular complexity index is 614. The highest BCUT2D eigenvalue weighted by atomic mass is 79.9. The normalized spacial score (nSPS) is 10.6. The molecule has 0 amide bonds. The number of halogens is 4. The third-order valence-electron chi connectivity index (χ3n) is 2.75. The van der Waals surface area contributed by atoms with Gasteiger partial charge in [0.25, 0.3) is 0 Å². The van der Waals surface area contributed by atoms with Crippen molar-refractivity contribution in [3.05, 3.63) is 63.4 Å². The molecule has 0 aliphatic heterocycles. The molecule has 0 aliphatic rings. The number of hydrogen-bond donors (Lipinski definition) is 1. The molecular weight excluding hydrogens is 319 g/mol. The van der Waals surface area contributed by atoms with E-state index in [9.17, 15) is 13.2 Å². The lowest BCUT2D eigenvalue weighted by molar-refractivity contribution is 0.594. The van der Waals surface area contributed by atoms with Crippen LogP contribution in [0.3, 0.4) is 0 Å². The minimum absolute atomic E-state index is 0.0549. The SMILES string of the molecule is Cc1cc(F)c(NCc2cccc(F)c2Br)cc1F. The molecule has 0 unspecified atom stereocenters. The van der Waals surface area contributed by atoms with Gasteiger partial charge in [0, 0.05) is 12.6 Å². The monoisotopic (exact) mass is 329 g/mol. The molecule has 0 atom stereocenters. The van der Waals surface area contributed by atoms with Gasteiger partial charge in [-0.3, -0.25) is 0 Å². The number of anilines is 1. The van der Waals surface area contributed by atoms with Crippen LogP contribution in [0, 0.1) is 24.4 Å². The quantitative estimate of drug-likeness (QED) is 0.853. The third-order valence-corrected chi connectivity index (χ3v) is 3.64. The van der Waals surface area contributed by atoms with E-state index in [4.69, 9.17) is 0 Å². The maximum atomic E-state index is 13.6. The van der Waals surface area contributed by atoms with Gasteiger partial charge in [0.1, 0.15) is 17.5 Å². The molecule has 1 nitrogen and oxygen atoms in total. The first-order valence-electron chi connectivity index (χ1n) is 5.61. The Morgan fingerprint density at radius 3 is 2.53 bits per heavy atom. The number of rotatable bonds is 3. The maximum absolute atomic E-state index is 13.6. The van der Waals surface area contributed by atoms with Crippen LogP contribution in [0.1, 0.15) is 11.1 Å². The second kappa shape index (κ2) is 5.65. The number of benzene rings is 2. The highest BCUT2D eigenvalue weighted by Crippen LogP contribution is 2.23. The third kappa shape index (κ3) is 3.10. The van der Waals surface area contributed by atoms with Crippen LogP contribution in [0.25, 0.3) is 0 Å². The van der Waals surface area contributed by atoms with Crippen molar-refractivity contribution in [3.8, 4) is 0 Å². The summed E-state index contributed by atoms with van der Waals surface area (Å²) >= 11 is 3.12. The second-order valence-electron chi connectivity index (χ2n) is 4.15. The average molecular weight is 330 g/mol. The molecule has 2 aromatic carbocycles. The van der Waals surface area contributed by atoms with Crippen molar-refractivity contribution in [3.63, 3.8) is 0 Å². The van der Waals surface area contributed by atoms with Crippen molar-refractivity contribution in [2.24, 2.45) is 0 Å². The van der Waals surface area contributed by atoms with Gasteiger partial charge in [-0.25, -0.2) is 13.2 Å². The first-order chi connectivity index (χ1) is 8.99. The van der Waals surface area contributed by atoms with Gasteiger partial charge in [0.05, 0.1) is 10.2 Å². The fraction of sp³-hybridized carbons (Fsp3) is 0.143. The van der Waals surface area contributed by atoms with Crippen LogP contribution in [0.2, 0.25) is 0 Å². The van der Waals surface area contributed by atoms with E-state index >= 15 is 0 Å². The van der Waals surface area contributed by atoms with E-state index in [0.29, 0.717) is 10.0 Å². The molecule has 1 N–H and O–H groups in total. The van der Waals surface area contributed by atoms with Crippen molar-refractivity contribution in [1.29, 1.82) is 0 Å². The molecule has 0 heterocycles. The van der Waals surface area contributed by atoms with Crippen LogP contribution in [0.15, 0.2) is 34.8 Å². The topological polar surface area (TPSA) is 12.0 Å². The smallest absolute Gasteiger partial charge is 0.146 e. The van der Waals surface area contributed by atoms with Gasteiger partial charge in [-0.15, -0.1) is 0 Å². The molecule has 100 valence electrons. The van der Waals surface area contributed by atoms with Crippen molar-refractivity contribution in [1.82, 2.24) is 0 Å². The zero-order valence-corrected chi connectivity index (χ0v) is 11.7. The van der Waals surface area contributed by atoms with Crippen LogP contribution in [0.5, 0.6) is 0 Å². The molecular formula is C14H11BrF3N.